The zero-order valence-electron chi connectivity index (χ0n) is 12.8. The second kappa shape index (κ2) is 8.67. The maximum Gasteiger partial charge on any atom is 0.251 e. The maximum atomic E-state index is 12.0. The highest BCUT2D eigenvalue weighted by molar-refractivity contribution is 6.33. The van der Waals surface area contributed by atoms with Gasteiger partial charge in [0, 0.05) is 18.5 Å². The minimum Gasteiger partial charge on any atom is -0.352 e. The van der Waals surface area contributed by atoms with E-state index in [-0.39, 0.29) is 11.8 Å². The second-order valence-electron chi connectivity index (χ2n) is 5.43. The van der Waals surface area contributed by atoms with E-state index in [1.807, 2.05) is 6.92 Å². The van der Waals surface area contributed by atoms with Crippen molar-refractivity contribution in [3.05, 3.63) is 28.8 Å². The van der Waals surface area contributed by atoms with Crippen LogP contribution in [-0.2, 0) is 4.79 Å². The molecule has 5 heteroatoms. The van der Waals surface area contributed by atoms with Crippen LogP contribution in [0, 0.1) is 5.92 Å². The van der Waals surface area contributed by atoms with Gasteiger partial charge in [0.15, 0.2) is 0 Å². The normalized spacial score (nSPS) is 10.5. The van der Waals surface area contributed by atoms with E-state index in [0.29, 0.717) is 35.2 Å². The second-order valence-corrected chi connectivity index (χ2v) is 5.84. The summed E-state index contributed by atoms with van der Waals surface area (Å²) in [5.41, 5.74) is 0.974. The molecular formula is C16H23ClN2O2. The van der Waals surface area contributed by atoms with E-state index in [1.165, 1.54) is 0 Å². The van der Waals surface area contributed by atoms with Gasteiger partial charge >= 0.3 is 0 Å². The lowest BCUT2D eigenvalue weighted by atomic mass is 10.1. The molecule has 21 heavy (non-hydrogen) atoms. The van der Waals surface area contributed by atoms with Crippen LogP contribution in [0.25, 0.3) is 0 Å². The minimum atomic E-state index is -0.154. The van der Waals surface area contributed by atoms with E-state index in [4.69, 9.17) is 11.6 Å². The number of rotatable bonds is 7. The molecule has 2 N–H and O–H groups in total. The van der Waals surface area contributed by atoms with Crippen molar-refractivity contribution in [2.45, 2.75) is 40.0 Å². The Labute approximate surface area is 131 Å². The quantitative estimate of drug-likeness (QED) is 0.803. The van der Waals surface area contributed by atoms with Crippen LogP contribution in [-0.4, -0.2) is 18.4 Å². The summed E-state index contributed by atoms with van der Waals surface area (Å²) in [6.45, 7) is 6.78. The Morgan fingerprint density at radius 3 is 2.62 bits per heavy atom. The van der Waals surface area contributed by atoms with Gasteiger partial charge in [-0.25, -0.2) is 0 Å². The number of carbonyl (C=O) groups excluding carboxylic acids is 2. The van der Waals surface area contributed by atoms with Gasteiger partial charge < -0.3 is 10.6 Å². The zero-order chi connectivity index (χ0) is 15.8. The highest BCUT2D eigenvalue weighted by atomic mass is 35.5. The average molecular weight is 311 g/mol. The molecule has 1 rings (SSSR count). The summed E-state index contributed by atoms with van der Waals surface area (Å²) in [7, 11) is 0. The van der Waals surface area contributed by atoms with Gasteiger partial charge in [-0.1, -0.05) is 32.4 Å². The standard InChI is InChI=1S/C16H23ClN2O2/c1-4-5-15(20)19-14-10-12(6-7-13(14)17)16(21)18-9-8-11(2)3/h6-7,10-11H,4-5,8-9H2,1-3H3,(H,18,21)(H,19,20). The third-order valence-corrected chi connectivity index (χ3v) is 3.32. The van der Waals surface area contributed by atoms with E-state index in [1.54, 1.807) is 18.2 Å². The summed E-state index contributed by atoms with van der Waals surface area (Å²) in [5.74, 6) is 0.287. The fourth-order valence-corrected chi connectivity index (χ4v) is 1.94. The van der Waals surface area contributed by atoms with Crippen molar-refractivity contribution in [1.82, 2.24) is 5.32 Å². The Kier molecular flexibility index (Phi) is 7.23. The molecule has 1 aromatic carbocycles. The van der Waals surface area contributed by atoms with Gasteiger partial charge in [-0.05, 0) is 37.0 Å². The van der Waals surface area contributed by atoms with E-state index >= 15 is 0 Å². The summed E-state index contributed by atoms with van der Waals surface area (Å²) >= 11 is 6.04. The Morgan fingerprint density at radius 2 is 2.00 bits per heavy atom. The Bertz CT molecular complexity index is 501. The number of benzene rings is 1. The van der Waals surface area contributed by atoms with Gasteiger partial charge in [-0.2, -0.15) is 0 Å². The number of anilines is 1. The van der Waals surface area contributed by atoms with Gasteiger partial charge in [0.05, 0.1) is 10.7 Å². The molecule has 0 aromatic heterocycles. The Hall–Kier alpha value is -1.55. The van der Waals surface area contributed by atoms with Crippen molar-refractivity contribution >= 4 is 29.1 Å². The van der Waals surface area contributed by atoms with Gasteiger partial charge in [-0.3, -0.25) is 9.59 Å². The maximum absolute atomic E-state index is 12.0. The molecule has 0 spiro atoms. The molecule has 0 aliphatic heterocycles. The van der Waals surface area contributed by atoms with Gasteiger partial charge in [-0.15, -0.1) is 0 Å². The number of nitrogens with one attached hydrogen (secondary N) is 2. The third kappa shape index (κ3) is 6.17. The summed E-state index contributed by atoms with van der Waals surface area (Å²) in [6, 6.07) is 4.89. The molecule has 0 aliphatic rings. The minimum absolute atomic E-state index is 0.100. The van der Waals surface area contributed by atoms with Crippen molar-refractivity contribution in [2.24, 2.45) is 5.92 Å². The molecule has 4 nitrogen and oxygen atoms in total. The first-order valence-corrected chi connectivity index (χ1v) is 7.69. The van der Waals surface area contributed by atoms with Crippen LogP contribution in [0.1, 0.15) is 50.4 Å². The number of halogens is 1. The number of carbonyl (C=O) groups is 2. The van der Waals surface area contributed by atoms with E-state index in [2.05, 4.69) is 24.5 Å². The molecule has 2 amide bonds. The summed E-state index contributed by atoms with van der Waals surface area (Å²) in [4.78, 5) is 23.7. The molecule has 0 heterocycles. The lowest BCUT2D eigenvalue weighted by Crippen LogP contribution is -2.25. The number of hydrogen-bond acceptors (Lipinski definition) is 2. The average Bonchev–Trinajstić information content (AvgIpc) is 2.41. The Morgan fingerprint density at radius 1 is 1.29 bits per heavy atom. The zero-order valence-corrected chi connectivity index (χ0v) is 13.6. The molecule has 0 bridgehead atoms. The predicted octanol–water partition coefficient (Wildman–Crippen LogP) is 3.85. The first-order valence-electron chi connectivity index (χ1n) is 7.31. The lowest BCUT2D eigenvalue weighted by Gasteiger charge is -2.10. The van der Waals surface area contributed by atoms with Crippen LogP contribution in [0.15, 0.2) is 18.2 Å². The van der Waals surface area contributed by atoms with Crippen LogP contribution in [0.4, 0.5) is 5.69 Å². The number of amides is 2. The SMILES string of the molecule is CCCC(=O)Nc1cc(C(=O)NCCC(C)C)ccc1Cl. The van der Waals surface area contributed by atoms with Crippen LogP contribution in [0.2, 0.25) is 5.02 Å². The molecule has 0 unspecified atom stereocenters. The fraction of sp³-hybridized carbons (Fsp3) is 0.500. The fourth-order valence-electron chi connectivity index (χ4n) is 1.78. The summed E-state index contributed by atoms with van der Waals surface area (Å²) in [6.07, 6.45) is 2.12. The smallest absolute Gasteiger partial charge is 0.251 e. The molecule has 0 saturated heterocycles. The molecule has 116 valence electrons. The van der Waals surface area contributed by atoms with Gasteiger partial charge in [0.2, 0.25) is 5.91 Å². The molecule has 0 aliphatic carbocycles. The summed E-state index contributed by atoms with van der Waals surface area (Å²) < 4.78 is 0. The van der Waals surface area contributed by atoms with Crippen molar-refractivity contribution in [2.75, 3.05) is 11.9 Å². The molecule has 0 atom stereocenters. The van der Waals surface area contributed by atoms with Crippen LogP contribution >= 0.6 is 11.6 Å². The van der Waals surface area contributed by atoms with E-state index in [0.717, 1.165) is 12.8 Å². The van der Waals surface area contributed by atoms with Crippen LogP contribution < -0.4 is 10.6 Å². The first-order chi connectivity index (χ1) is 9.93. The predicted molar refractivity (Wildman–Crippen MR) is 86.8 cm³/mol. The third-order valence-electron chi connectivity index (χ3n) is 2.99. The van der Waals surface area contributed by atoms with Crippen molar-refractivity contribution in [3.8, 4) is 0 Å². The van der Waals surface area contributed by atoms with Crippen molar-refractivity contribution < 1.29 is 9.59 Å². The number of hydrogen-bond donors (Lipinski definition) is 2. The van der Waals surface area contributed by atoms with Crippen LogP contribution in [0.5, 0.6) is 0 Å². The van der Waals surface area contributed by atoms with Gasteiger partial charge in [0.25, 0.3) is 5.91 Å². The highest BCUT2D eigenvalue weighted by Gasteiger charge is 2.10. The highest BCUT2D eigenvalue weighted by Crippen LogP contribution is 2.23. The van der Waals surface area contributed by atoms with Gasteiger partial charge in [0.1, 0.15) is 0 Å². The van der Waals surface area contributed by atoms with Crippen molar-refractivity contribution in [3.63, 3.8) is 0 Å². The first kappa shape index (κ1) is 17.5. The monoisotopic (exact) mass is 310 g/mol. The topological polar surface area (TPSA) is 58.2 Å². The largest absolute Gasteiger partial charge is 0.352 e. The van der Waals surface area contributed by atoms with E-state index in [9.17, 15) is 9.59 Å². The molecule has 0 saturated carbocycles. The molecular weight excluding hydrogens is 288 g/mol. The lowest BCUT2D eigenvalue weighted by molar-refractivity contribution is -0.116. The molecule has 0 radical (unpaired) electrons. The summed E-state index contributed by atoms with van der Waals surface area (Å²) in [5, 5.41) is 6.02. The molecule has 0 fully saturated rings. The van der Waals surface area contributed by atoms with E-state index < -0.39 is 0 Å². The van der Waals surface area contributed by atoms with Crippen LogP contribution in [0.3, 0.4) is 0 Å². The van der Waals surface area contributed by atoms with Crippen molar-refractivity contribution in [1.29, 1.82) is 0 Å². The Balaban J connectivity index is 2.71. The molecule has 1 aromatic rings.